The third-order valence-electron chi connectivity index (χ3n) is 3.22. The maximum absolute atomic E-state index is 11.3. The minimum Gasteiger partial charge on any atom is -0.493 e. The van der Waals surface area contributed by atoms with Crippen LogP contribution in [-0.4, -0.2) is 19.7 Å². The van der Waals surface area contributed by atoms with E-state index in [2.05, 4.69) is 4.74 Å². The lowest BCUT2D eigenvalue weighted by Crippen LogP contribution is -2.08. The summed E-state index contributed by atoms with van der Waals surface area (Å²) < 4.78 is 10.4. The zero-order valence-corrected chi connectivity index (χ0v) is 10.1. The van der Waals surface area contributed by atoms with Crippen LogP contribution in [0.3, 0.4) is 0 Å². The van der Waals surface area contributed by atoms with Gasteiger partial charge in [-0.25, -0.2) is 4.79 Å². The van der Waals surface area contributed by atoms with Crippen LogP contribution in [0.1, 0.15) is 36.0 Å². The van der Waals surface area contributed by atoms with Crippen molar-refractivity contribution in [2.24, 2.45) is 5.92 Å². The molecule has 1 aromatic rings. The van der Waals surface area contributed by atoms with Crippen molar-refractivity contribution in [3.05, 3.63) is 29.8 Å². The van der Waals surface area contributed by atoms with Crippen LogP contribution in [0.25, 0.3) is 0 Å². The first kappa shape index (κ1) is 12.0. The average molecular weight is 234 g/mol. The Morgan fingerprint density at radius 1 is 1.35 bits per heavy atom. The van der Waals surface area contributed by atoms with Gasteiger partial charge in [-0.2, -0.15) is 0 Å². The quantitative estimate of drug-likeness (QED) is 0.751. The molecule has 1 fully saturated rings. The molecule has 3 nitrogen and oxygen atoms in total. The van der Waals surface area contributed by atoms with Gasteiger partial charge in [0.15, 0.2) is 0 Å². The summed E-state index contributed by atoms with van der Waals surface area (Å²) in [5.74, 6) is 1.10. The Hall–Kier alpha value is -1.51. The van der Waals surface area contributed by atoms with E-state index in [9.17, 15) is 4.79 Å². The second-order valence-electron chi connectivity index (χ2n) is 4.48. The van der Waals surface area contributed by atoms with E-state index in [0.29, 0.717) is 11.5 Å². The standard InChI is InChI=1S/C14H18O3/c1-16-14(15)12-7-4-8-13(9-12)17-10-11-5-2-3-6-11/h4,7-9,11H,2-3,5-6,10H2,1H3. The first-order valence-electron chi connectivity index (χ1n) is 6.11. The van der Waals surface area contributed by atoms with Gasteiger partial charge in [0, 0.05) is 0 Å². The minimum absolute atomic E-state index is 0.323. The Morgan fingerprint density at radius 3 is 2.82 bits per heavy atom. The van der Waals surface area contributed by atoms with Gasteiger partial charge in [-0.1, -0.05) is 18.9 Å². The summed E-state index contributed by atoms with van der Waals surface area (Å²) >= 11 is 0. The Kier molecular flexibility index (Phi) is 4.02. The van der Waals surface area contributed by atoms with Gasteiger partial charge in [0.1, 0.15) is 5.75 Å². The molecule has 0 spiro atoms. The molecule has 1 aromatic carbocycles. The first-order valence-corrected chi connectivity index (χ1v) is 6.11. The van der Waals surface area contributed by atoms with Crippen molar-refractivity contribution in [2.75, 3.05) is 13.7 Å². The highest BCUT2D eigenvalue weighted by Gasteiger charge is 2.15. The summed E-state index contributed by atoms with van der Waals surface area (Å²) in [6, 6.07) is 7.16. The zero-order valence-electron chi connectivity index (χ0n) is 10.1. The maximum Gasteiger partial charge on any atom is 0.337 e. The lowest BCUT2D eigenvalue weighted by molar-refractivity contribution is 0.0600. The predicted octanol–water partition coefficient (Wildman–Crippen LogP) is 3.04. The number of methoxy groups -OCH3 is 1. The Balaban J connectivity index is 1.93. The lowest BCUT2D eigenvalue weighted by Gasteiger charge is -2.11. The van der Waals surface area contributed by atoms with Crippen LogP contribution in [0.5, 0.6) is 5.75 Å². The van der Waals surface area contributed by atoms with E-state index in [0.717, 1.165) is 12.4 Å². The third-order valence-corrected chi connectivity index (χ3v) is 3.22. The van der Waals surface area contributed by atoms with Gasteiger partial charge in [0.05, 0.1) is 19.3 Å². The molecule has 0 heterocycles. The highest BCUT2D eigenvalue weighted by molar-refractivity contribution is 5.89. The summed E-state index contributed by atoms with van der Waals surface area (Å²) in [6.45, 7) is 0.755. The Labute approximate surface area is 102 Å². The molecule has 0 radical (unpaired) electrons. The summed E-state index contributed by atoms with van der Waals surface area (Å²) in [7, 11) is 1.38. The van der Waals surface area contributed by atoms with Crippen molar-refractivity contribution >= 4 is 5.97 Å². The lowest BCUT2D eigenvalue weighted by atomic mass is 10.1. The van der Waals surface area contributed by atoms with Crippen LogP contribution < -0.4 is 4.74 Å². The van der Waals surface area contributed by atoms with Crippen molar-refractivity contribution in [3.8, 4) is 5.75 Å². The molecule has 92 valence electrons. The van der Waals surface area contributed by atoms with Crippen molar-refractivity contribution < 1.29 is 14.3 Å². The molecule has 0 bridgehead atoms. The molecule has 3 heteroatoms. The Morgan fingerprint density at radius 2 is 2.12 bits per heavy atom. The van der Waals surface area contributed by atoms with Gasteiger partial charge in [-0.15, -0.1) is 0 Å². The van der Waals surface area contributed by atoms with E-state index < -0.39 is 0 Å². The van der Waals surface area contributed by atoms with Gasteiger partial charge in [0.2, 0.25) is 0 Å². The number of carbonyl (C=O) groups excluding carboxylic acids is 1. The number of ether oxygens (including phenoxy) is 2. The topological polar surface area (TPSA) is 35.5 Å². The van der Waals surface area contributed by atoms with Crippen molar-refractivity contribution in [3.63, 3.8) is 0 Å². The highest BCUT2D eigenvalue weighted by atomic mass is 16.5. The fourth-order valence-corrected chi connectivity index (χ4v) is 2.22. The molecule has 0 amide bonds. The van der Waals surface area contributed by atoms with Crippen LogP contribution in [0.4, 0.5) is 0 Å². The second kappa shape index (κ2) is 5.71. The fraction of sp³-hybridized carbons (Fsp3) is 0.500. The molecular weight excluding hydrogens is 216 g/mol. The molecule has 0 aromatic heterocycles. The third kappa shape index (κ3) is 3.22. The number of benzene rings is 1. The predicted molar refractivity (Wildman–Crippen MR) is 65.2 cm³/mol. The molecule has 2 rings (SSSR count). The Bertz CT molecular complexity index is 381. The summed E-state index contributed by atoms with van der Waals surface area (Å²) in [4.78, 5) is 11.3. The molecule has 1 saturated carbocycles. The van der Waals surface area contributed by atoms with Crippen LogP contribution in [0, 0.1) is 5.92 Å². The highest BCUT2D eigenvalue weighted by Crippen LogP contribution is 2.25. The van der Waals surface area contributed by atoms with Gasteiger partial charge in [-0.05, 0) is 37.0 Å². The van der Waals surface area contributed by atoms with Crippen molar-refractivity contribution in [1.82, 2.24) is 0 Å². The van der Waals surface area contributed by atoms with Crippen LogP contribution in [0.2, 0.25) is 0 Å². The molecule has 0 saturated heterocycles. The SMILES string of the molecule is COC(=O)c1cccc(OCC2CCCC2)c1. The summed E-state index contributed by atoms with van der Waals surface area (Å²) in [5.41, 5.74) is 0.538. The smallest absolute Gasteiger partial charge is 0.337 e. The van der Waals surface area contributed by atoms with E-state index >= 15 is 0 Å². The van der Waals surface area contributed by atoms with Crippen LogP contribution >= 0.6 is 0 Å². The minimum atomic E-state index is -0.323. The second-order valence-corrected chi connectivity index (χ2v) is 4.48. The van der Waals surface area contributed by atoms with Crippen LogP contribution in [0.15, 0.2) is 24.3 Å². The van der Waals surface area contributed by atoms with E-state index in [4.69, 9.17) is 4.74 Å². The summed E-state index contributed by atoms with van der Waals surface area (Å²) in [6.07, 6.45) is 5.15. The molecule has 1 aliphatic rings. The van der Waals surface area contributed by atoms with Crippen molar-refractivity contribution in [1.29, 1.82) is 0 Å². The number of rotatable bonds is 4. The molecule has 0 unspecified atom stereocenters. The first-order chi connectivity index (χ1) is 8.29. The van der Waals surface area contributed by atoms with Gasteiger partial charge in [0.25, 0.3) is 0 Å². The largest absolute Gasteiger partial charge is 0.493 e. The van der Waals surface area contributed by atoms with Gasteiger partial charge < -0.3 is 9.47 Å². The molecular formula is C14H18O3. The average Bonchev–Trinajstić information content (AvgIpc) is 2.89. The van der Waals surface area contributed by atoms with E-state index in [1.807, 2.05) is 12.1 Å². The van der Waals surface area contributed by atoms with Crippen LogP contribution in [-0.2, 0) is 4.74 Å². The molecule has 17 heavy (non-hydrogen) atoms. The number of hydrogen-bond acceptors (Lipinski definition) is 3. The molecule has 0 N–H and O–H groups in total. The number of hydrogen-bond donors (Lipinski definition) is 0. The number of carbonyl (C=O) groups is 1. The molecule has 1 aliphatic carbocycles. The molecule has 0 aliphatic heterocycles. The van der Waals surface area contributed by atoms with Crippen molar-refractivity contribution in [2.45, 2.75) is 25.7 Å². The maximum atomic E-state index is 11.3. The summed E-state index contributed by atoms with van der Waals surface area (Å²) in [5, 5.41) is 0. The normalized spacial score (nSPS) is 15.8. The van der Waals surface area contributed by atoms with E-state index in [-0.39, 0.29) is 5.97 Å². The van der Waals surface area contributed by atoms with E-state index in [1.165, 1.54) is 32.8 Å². The van der Waals surface area contributed by atoms with Gasteiger partial charge in [-0.3, -0.25) is 0 Å². The van der Waals surface area contributed by atoms with E-state index in [1.54, 1.807) is 12.1 Å². The molecule has 0 atom stereocenters. The van der Waals surface area contributed by atoms with Gasteiger partial charge >= 0.3 is 5.97 Å². The number of esters is 1. The monoisotopic (exact) mass is 234 g/mol. The fourth-order valence-electron chi connectivity index (χ4n) is 2.22. The zero-order chi connectivity index (χ0) is 12.1.